The zero-order chi connectivity index (χ0) is 8.97. The average Bonchev–Trinajstić information content (AvgIpc) is 2.07. The molecule has 1 rings (SSSR count). The number of nitrogens with one attached hydrogen (secondary N) is 1. The Morgan fingerprint density at radius 1 is 1.33 bits per heavy atom. The molecular weight excluding hydrogens is 195 g/mol. The van der Waals surface area contributed by atoms with Crippen molar-refractivity contribution >= 4 is 35.2 Å². The number of anilines is 1. The number of aliphatic imine (C=N–C) groups is 1. The molecule has 0 saturated heterocycles. The molecule has 0 aliphatic rings. The molecule has 0 amide bonds. The highest BCUT2D eigenvalue weighted by Gasteiger charge is 1.96. The lowest BCUT2D eigenvalue weighted by atomic mass is 10.3. The molecule has 0 aromatic heterocycles. The van der Waals surface area contributed by atoms with Crippen LogP contribution in [0.2, 0.25) is 10.0 Å². The van der Waals surface area contributed by atoms with Crippen molar-refractivity contribution in [3.63, 3.8) is 0 Å². The van der Waals surface area contributed by atoms with Gasteiger partial charge in [0.2, 0.25) is 0 Å². The summed E-state index contributed by atoms with van der Waals surface area (Å²) in [5, 5.41) is 4.01. The van der Waals surface area contributed by atoms with Gasteiger partial charge in [0, 0.05) is 12.7 Å². The van der Waals surface area contributed by atoms with Crippen LogP contribution in [0.3, 0.4) is 0 Å². The molecule has 0 aliphatic carbocycles. The first kappa shape index (κ1) is 9.36. The molecule has 0 aliphatic heterocycles. The smallest absolute Gasteiger partial charge is 0.0864 e. The first-order chi connectivity index (χ1) is 5.74. The summed E-state index contributed by atoms with van der Waals surface area (Å²) in [6, 6.07) is 5.30. The fourth-order valence-corrected chi connectivity index (χ4v) is 1.02. The molecule has 0 spiro atoms. The normalized spacial score (nSPS) is 10.6. The molecule has 4 heteroatoms. The molecule has 0 fully saturated rings. The maximum atomic E-state index is 5.78. The summed E-state index contributed by atoms with van der Waals surface area (Å²) < 4.78 is 0. The monoisotopic (exact) mass is 202 g/mol. The Morgan fingerprint density at radius 2 is 2.08 bits per heavy atom. The summed E-state index contributed by atoms with van der Waals surface area (Å²) in [7, 11) is 1.69. The number of rotatable bonds is 2. The minimum atomic E-state index is 0.533. The number of nitrogens with zero attached hydrogens (tertiary/aromatic N) is 1. The Bertz CT molecular complexity index is 297. The summed E-state index contributed by atoms with van der Waals surface area (Å²) in [5.41, 5.74) is 0.870. The lowest BCUT2D eigenvalue weighted by Crippen LogP contribution is -1.93. The van der Waals surface area contributed by atoms with E-state index in [2.05, 4.69) is 10.3 Å². The molecule has 0 saturated carbocycles. The molecule has 0 radical (unpaired) electrons. The Labute approximate surface area is 81.2 Å². The summed E-state index contributed by atoms with van der Waals surface area (Å²) in [5.74, 6) is 0. The number of benzene rings is 1. The zero-order valence-corrected chi connectivity index (χ0v) is 8.02. The molecule has 0 bridgehead atoms. The van der Waals surface area contributed by atoms with Gasteiger partial charge < -0.3 is 5.32 Å². The van der Waals surface area contributed by atoms with Gasteiger partial charge in [-0.05, 0) is 18.2 Å². The van der Waals surface area contributed by atoms with Crippen molar-refractivity contribution in [3.05, 3.63) is 28.2 Å². The lowest BCUT2D eigenvalue weighted by Gasteiger charge is -2.00. The molecule has 0 unspecified atom stereocenters. The van der Waals surface area contributed by atoms with Crippen LogP contribution in [0, 0.1) is 0 Å². The molecule has 1 aromatic rings. The maximum Gasteiger partial charge on any atom is 0.0864 e. The minimum absolute atomic E-state index is 0.533. The number of halogens is 2. The second-order valence-corrected chi connectivity index (χ2v) is 2.97. The number of hydrogen-bond acceptors (Lipinski definition) is 1. The summed E-state index contributed by atoms with van der Waals surface area (Å²) >= 11 is 11.5. The maximum absolute atomic E-state index is 5.78. The van der Waals surface area contributed by atoms with Gasteiger partial charge >= 0.3 is 0 Å². The first-order valence-corrected chi connectivity index (χ1v) is 4.12. The van der Waals surface area contributed by atoms with E-state index in [1.54, 1.807) is 25.5 Å². The SMILES string of the molecule is CN=CNc1ccc(Cl)c(Cl)c1. The average molecular weight is 203 g/mol. The van der Waals surface area contributed by atoms with Gasteiger partial charge in [-0.1, -0.05) is 23.2 Å². The van der Waals surface area contributed by atoms with Crippen molar-refractivity contribution in [2.24, 2.45) is 4.99 Å². The largest absolute Gasteiger partial charge is 0.347 e. The summed E-state index contributed by atoms with van der Waals surface area (Å²) in [6.45, 7) is 0. The van der Waals surface area contributed by atoms with E-state index in [1.165, 1.54) is 0 Å². The molecule has 1 N–H and O–H groups in total. The predicted molar refractivity (Wildman–Crippen MR) is 54.5 cm³/mol. The van der Waals surface area contributed by atoms with E-state index in [4.69, 9.17) is 23.2 Å². The van der Waals surface area contributed by atoms with Gasteiger partial charge in [0.25, 0.3) is 0 Å². The Kier molecular flexibility index (Phi) is 3.38. The van der Waals surface area contributed by atoms with Crippen molar-refractivity contribution in [3.8, 4) is 0 Å². The van der Waals surface area contributed by atoms with Crippen molar-refractivity contribution in [2.45, 2.75) is 0 Å². The zero-order valence-electron chi connectivity index (χ0n) is 6.51. The van der Waals surface area contributed by atoms with Crippen molar-refractivity contribution < 1.29 is 0 Å². The second kappa shape index (κ2) is 4.33. The highest BCUT2D eigenvalue weighted by atomic mass is 35.5. The molecule has 0 heterocycles. The van der Waals surface area contributed by atoms with Crippen LogP contribution in [0.1, 0.15) is 0 Å². The predicted octanol–water partition coefficient (Wildman–Crippen LogP) is 3.06. The molecule has 0 atom stereocenters. The van der Waals surface area contributed by atoms with E-state index in [1.807, 2.05) is 6.07 Å². The molecular formula is C8H8Cl2N2. The van der Waals surface area contributed by atoms with Crippen molar-refractivity contribution in [1.29, 1.82) is 0 Å². The van der Waals surface area contributed by atoms with Gasteiger partial charge in [0.1, 0.15) is 0 Å². The fourth-order valence-electron chi connectivity index (χ4n) is 0.725. The van der Waals surface area contributed by atoms with E-state index in [9.17, 15) is 0 Å². The highest BCUT2D eigenvalue weighted by molar-refractivity contribution is 6.42. The van der Waals surface area contributed by atoms with E-state index >= 15 is 0 Å². The van der Waals surface area contributed by atoms with Crippen molar-refractivity contribution in [1.82, 2.24) is 0 Å². The summed E-state index contributed by atoms with van der Waals surface area (Å²) in [4.78, 5) is 3.77. The molecule has 64 valence electrons. The van der Waals surface area contributed by atoms with Crippen LogP contribution in [0.5, 0.6) is 0 Å². The molecule has 2 nitrogen and oxygen atoms in total. The van der Waals surface area contributed by atoms with Gasteiger partial charge in [-0.3, -0.25) is 4.99 Å². The first-order valence-electron chi connectivity index (χ1n) is 3.36. The highest BCUT2D eigenvalue weighted by Crippen LogP contribution is 2.24. The Balaban J connectivity index is 2.82. The van der Waals surface area contributed by atoms with Gasteiger partial charge in [0.15, 0.2) is 0 Å². The van der Waals surface area contributed by atoms with E-state index in [0.29, 0.717) is 10.0 Å². The second-order valence-electron chi connectivity index (χ2n) is 2.16. The van der Waals surface area contributed by atoms with Gasteiger partial charge in [-0.25, -0.2) is 0 Å². The van der Waals surface area contributed by atoms with Gasteiger partial charge in [-0.2, -0.15) is 0 Å². The topological polar surface area (TPSA) is 24.4 Å². The van der Waals surface area contributed by atoms with Crippen molar-refractivity contribution in [2.75, 3.05) is 12.4 Å². The van der Waals surface area contributed by atoms with Gasteiger partial charge in [-0.15, -0.1) is 0 Å². The third-order valence-corrected chi connectivity index (χ3v) is 2.02. The fraction of sp³-hybridized carbons (Fsp3) is 0.125. The third kappa shape index (κ3) is 2.40. The van der Waals surface area contributed by atoms with E-state index in [-0.39, 0.29) is 0 Å². The van der Waals surface area contributed by atoms with E-state index < -0.39 is 0 Å². The molecule has 12 heavy (non-hydrogen) atoms. The molecule has 1 aromatic carbocycles. The minimum Gasteiger partial charge on any atom is -0.347 e. The van der Waals surface area contributed by atoms with Crippen LogP contribution in [0.4, 0.5) is 5.69 Å². The van der Waals surface area contributed by atoms with E-state index in [0.717, 1.165) is 5.69 Å². The van der Waals surface area contributed by atoms with Crippen LogP contribution in [-0.4, -0.2) is 13.4 Å². The summed E-state index contributed by atoms with van der Waals surface area (Å²) in [6.07, 6.45) is 1.58. The Hall–Kier alpha value is -0.730. The van der Waals surface area contributed by atoms with Gasteiger partial charge in [0.05, 0.1) is 16.4 Å². The van der Waals surface area contributed by atoms with Crippen LogP contribution in [0.25, 0.3) is 0 Å². The number of hydrogen-bond donors (Lipinski definition) is 1. The van der Waals surface area contributed by atoms with Crippen LogP contribution >= 0.6 is 23.2 Å². The van der Waals surface area contributed by atoms with Crippen LogP contribution in [0.15, 0.2) is 23.2 Å². The van der Waals surface area contributed by atoms with Crippen LogP contribution < -0.4 is 5.32 Å². The lowest BCUT2D eigenvalue weighted by molar-refractivity contribution is 1.46. The standard InChI is InChI=1S/C8H8Cl2N2/c1-11-5-12-6-2-3-7(9)8(10)4-6/h2-5H,1H3,(H,11,12). The quantitative estimate of drug-likeness (QED) is 0.579. The Morgan fingerprint density at radius 3 is 2.67 bits per heavy atom. The van der Waals surface area contributed by atoms with Crippen LogP contribution in [-0.2, 0) is 0 Å². The third-order valence-electron chi connectivity index (χ3n) is 1.28.